The number of ether oxygens (including phenoxy) is 1. The molecular formula is C20H14ClN3O4S2. The number of aromatic amines is 1. The Hall–Kier alpha value is -3.01. The molecule has 0 bridgehead atoms. The Morgan fingerprint density at radius 2 is 2.00 bits per heavy atom. The van der Waals surface area contributed by atoms with Crippen LogP contribution in [0.1, 0.15) is 25.6 Å². The molecule has 4 aromatic rings. The SMILES string of the molecule is COC(=O)c1ccc2c(=O)[nH]c3c(C(=O)Nc4cc(Cl)ccc4C)sc(=S)n3c2c1. The second kappa shape index (κ2) is 7.67. The smallest absolute Gasteiger partial charge is 0.337 e. The van der Waals surface area contributed by atoms with Crippen molar-refractivity contribution < 1.29 is 14.3 Å². The fraction of sp³-hybridized carbons (Fsp3) is 0.100. The van der Waals surface area contributed by atoms with Gasteiger partial charge in [-0.05, 0) is 55.0 Å². The number of amides is 1. The van der Waals surface area contributed by atoms with Gasteiger partial charge in [0.05, 0.1) is 23.6 Å². The molecule has 0 spiro atoms. The maximum absolute atomic E-state index is 13.0. The molecular weight excluding hydrogens is 446 g/mol. The number of nitrogens with zero attached hydrogens (tertiary/aromatic N) is 1. The van der Waals surface area contributed by atoms with Gasteiger partial charge in [0, 0.05) is 10.7 Å². The summed E-state index contributed by atoms with van der Waals surface area (Å²) in [5.41, 5.74) is 1.92. The summed E-state index contributed by atoms with van der Waals surface area (Å²) in [7, 11) is 1.27. The molecule has 0 aliphatic heterocycles. The molecule has 152 valence electrons. The Bertz CT molecular complexity index is 1470. The Labute approximate surface area is 183 Å². The van der Waals surface area contributed by atoms with Crippen LogP contribution in [0.15, 0.2) is 41.2 Å². The van der Waals surface area contributed by atoms with E-state index in [9.17, 15) is 14.4 Å². The number of hydrogen-bond donors (Lipinski definition) is 2. The van der Waals surface area contributed by atoms with Crippen LogP contribution in [0.2, 0.25) is 5.02 Å². The highest BCUT2D eigenvalue weighted by Crippen LogP contribution is 2.26. The molecule has 30 heavy (non-hydrogen) atoms. The number of benzene rings is 2. The standard InChI is InChI=1S/C20H14ClN3O4S2/c1-9-3-5-11(21)8-13(9)22-18(26)15-16-23-17(25)12-6-4-10(19(27)28-2)7-14(12)24(16)20(29)30-15/h3-8H,1-2H3,(H,22,26)(H,23,25). The van der Waals surface area contributed by atoms with Gasteiger partial charge in [-0.3, -0.25) is 14.0 Å². The lowest BCUT2D eigenvalue weighted by atomic mass is 10.1. The molecule has 2 aromatic carbocycles. The van der Waals surface area contributed by atoms with E-state index in [4.69, 9.17) is 28.6 Å². The number of aromatic nitrogens is 2. The summed E-state index contributed by atoms with van der Waals surface area (Å²) in [6.45, 7) is 1.84. The molecule has 2 aromatic heterocycles. The highest BCUT2D eigenvalue weighted by Gasteiger charge is 2.19. The zero-order valence-electron chi connectivity index (χ0n) is 15.7. The van der Waals surface area contributed by atoms with Gasteiger partial charge in [-0.2, -0.15) is 0 Å². The number of carbonyl (C=O) groups is 2. The molecule has 0 aliphatic carbocycles. The average molecular weight is 460 g/mol. The van der Waals surface area contributed by atoms with Gasteiger partial charge >= 0.3 is 5.97 Å². The largest absolute Gasteiger partial charge is 0.465 e. The molecule has 0 radical (unpaired) electrons. The number of H-pyrrole nitrogens is 1. The van der Waals surface area contributed by atoms with Gasteiger partial charge in [-0.25, -0.2) is 4.79 Å². The Kier molecular flexibility index (Phi) is 5.19. The van der Waals surface area contributed by atoms with E-state index >= 15 is 0 Å². The highest BCUT2D eigenvalue weighted by molar-refractivity contribution is 7.73. The first kappa shape index (κ1) is 20.3. The van der Waals surface area contributed by atoms with Crippen LogP contribution >= 0.6 is 35.2 Å². The Balaban J connectivity index is 1.91. The minimum Gasteiger partial charge on any atom is -0.465 e. The van der Waals surface area contributed by atoms with Crippen LogP contribution in [0.4, 0.5) is 5.69 Å². The lowest BCUT2D eigenvalue weighted by molar-refractivity contribution is 0.0600. The molecule has 4 rings (SSSR count). The lowest BCUT2D eigenvalue weighted by Crippen LogP contribution is -2.15. The molecule has 0 unspecified atom stereocenters. The molecule has 1 amide bonds. The fourth-order valence-corrected chi connectivity index (χ4v) is 4.55. The summed E-state index contributed by atoms with van der Waals surface area (Å²) in [5, 5.41) is 3.63. The van der Waals surface area contributed by atoms with Crippen molar-refractivity contribution in [3.8, 4) is 0 Å². The molecule has 10 heteroatoms. The van der Waals surface area contributed by atoms with Crippen LogP contribution in [0.5, 0.6) is 0 Å². The summed E-state index contributed by atoms with van der Waals surface area (Å²) in [5.74, 6) is -0.973. The molecule has 0 atom stereocenters. The number of esters is 1. The molecule has 0 saturated heterocycles. The van der Waals surface area contributed by atoms with Crippen molar-refractivity contribution in [1.29, 1.82) is 0 Å². The van der Waals surface area contributed by atoms with Crippen LogP contribution in [0, 0.1) is 10.9 Å². The van der Waals surface area contributed by atoms with Crippen LogP contribution in [0.25, 0.3) is 16.6 Å². The molecule has 0 saturated carbocycles. The minimum absolute atomic E-state index is 0.238. The summed E-state index contributed by atoms with van der Waals surface area (Å²) in [4.78, 5) is 40.5. The number of anilines is 1. The zero-order valence-corrected chi connectivity index (χ0v) is 18.1. The number of rotatable bonds is 3. The third-order valence-electron chi connectivity index (χ3n) is 4.60. The van der Waals surface area contributed by atoms with E-state index in [-0.39, 0.29) is 16.1 Å². The van der Waals surface area contributed by atoms with Crippen molar-refractivity contribution >= 4 is 69.3 Å². The van der Waals surface area contributed by atoms with Crippen molar-refractivity contribution in [3.63, 3.8) is 0 Å². The van der Waals surface area contributed by atoms with E-state index in [1.807, 2.05) is 6.92 Å². The quantitative estimate of drug-likeness (QED) is 0.346. The molecule has 7 nitrogen and oxygen atoms in total. The first-order chi connectivity index (χ1) is 14.3. The predicted molar refractivity (Wildman–Crippen MR) is 120 cm³/mol. The topological polar surface area (TPSA) is 92.7 Å². The van der Waals surface area contributed by atoms with Gasteiger partial charge in [0.2, 0.25) is 0 Å². The van der Waals surface area contributed by atoms with E-state index in [0.717, 1.165) is 16.9 Å². The van der Waals surface area contributed by atoms with Crippen molar-refractivity contribution in [1.82, 2.24) is 9.38 Å². The molecule has 2 N–H and O–H groups in total. The molecule has 2 heterocycles. The molecule has 0 aliphatic rings. The predicted octanol–water partition coefficient (Wildman–Crippen LogP) is 4.57. The van der Waals surface area contributed by atoms with Gasteiger partial charge in [0.15, 0.2) is 3.95 Å². The van der Waals surface area contributed by atoms with Gasteiger partial charge in [-0.1, -0.05) is 29.0 Å². The number of nitrogens with one attached hydrogen (secondary N) is 2. The monoisotopic (exact) mass is 459 g/mol. The van der Waals surface area contributed by atoms with Crippen molar-refractivity contribution in [2.75, 3.05) is 12.4 Å². The normalized spacial score (nSPS) is 11.0. The third kappa shape index (κ3) is 3.41. The number of carbonyl (C=O) groups excluding carboxylic acids is 2. The summed E-state index contributed by atoms with van der Waals surface area (Å²) < 4.78 is 6.68. The van der Waals surface area contributed by atoms with Crippen molar-refractivity contribution in [2.45, 2.75) is 6.92 Å². The first-order valence-electron chi connectivity index (χ1n) is 8.67. The van der Waals surface area contributed by atoms with Crippen molar-refractivity contribution in [2.24, 2.45) is 0 Å². The number of aryl methyl sites for hydroxylation is 1. The van der Waals surface area contributed by atoms with Crippen LogP contribution < -0.4 is 10.9 Å². The average Bonchev–Trinajstić information content (AvgIpc) is 3.06. The van der Waals surface area contributed by atoms with Crippen molar-refractivity contribution in [3.05, 3.63) is 71.7 Å². The molecule has 0 fully saturated rings. The van der Waals surface area contributed by atoms with E-state index in [2.05, 4.69) is 10.3 Å². The maximum Gasteiger partial charge on any atom is 0.337 e. The van der Waals surface area contributed by atoms with Crippen LogP contribution in [-0.4, -0.2) is 28.4 Å². The number of methoxy groups -OCH3 is 1. The Morgan fingerprint density at radius 3 is 2.73 bits per heavy atom. The second-order valence-electron chi connectivity index (χ2n) is 6.47. The minimum atomic E-state index is -0.540. The van der Waals surface area contributed by atoms with E-state index < -0.39 is 17.4 Å². The van der Waals surface area contributed by atoms with Gasteiger partial charge in [0.25, 0.3) is 11.5 Å². The van der Waals surface area contributed by atoms with Crippen LogP contribution in [-0.2, 0) is 4.74 Å². The summed E-state index contributed by atoms with van der Waals surface area (Å²) in [6.07, 6.45) is 0. The van der Waals surface area contributed by atoms with E-state index in [1.54, 1.807) is 22.6 Å². The number of halogens is 1. The van der Waals surface area contributed by atoms with E-state index in [0.29, 0.717) is 25.6 Å². The third-order valence-corrected chi connectivity index (χ3v) is 6.21. The Morgan fingerprint density at radius 1 is 1.23 bits per heavy atom. The number of hydrogen-bond acceptors (Lipinski definition) is 6. The first-order valence-corrected chi connectivity index (χ1v) is 10.3. The number of thiazole rings is 1. The highest BCUT2D eigenvalue weighted by atomic mass is 35.5. The van der Waals surface area contributed by atoms with Gasteiger partial charge in [-0.15, -0.1) is 0 Å². The number of fused-ring (bicyclic) bond motifs is 3. The summed E-state index contributed by atoms with van der Waals surface area (Å²) in [6, 6.07) is 9.71. The lowest BCUT2D eigenvalue weighted by Gasteiger charge is -2.08. The van der Waals surface area contributed by atoms with Gasteiger partial charge < -0.3 is 15.0 Å². The fourth-order valence-electron chi connectivity index (χ4n) is 3.10. The van der Waals surface area contributed by atoms with E-state index in [1.165, 1.54) is 25.3 Å². The van der Waals surface area contributed by atoms with Gasteiger partial charge in [0.1, 0.15) is 10.5 Å². The maximum atomic E-state index is 13.0. The summed E-state index contributed by atoms with van der Waals surface area (Å²) >= 11 is 12.5. The second-order valence-corrected chi connectivity index (χ2v) is 8.55. The zero-order chi connectivity index (χ0) is 21.6. The van der Waals surface area contributed by atoms with Crippen LogP contribution in [0.3, 0.4) is 0 Å².